The predicted octanol–water partition coefficient (Wildman–Crippen LogP) is 1.94. The number of hydrogen-bond donors (Lipinski definition) is 1. The molecule has 2 fully saturated rings. The average Bonchev–Trinajstić information content (AvgIpc) is 2.68. The number of carbonyl (C=O) groups excluding carboxylic acids is 2. The Morgan fingerprint density at radius 2 is 1.84 bits per heavy atom. The molecule has 0 spiro atoms. The highest BCUT2D eigenvalue weighted by atomic mass is 16.2. The summed E-state index contributed by atoms with van der Waals surface area (Å²) >= 11 is 0. The van der Waals surface area contributed by atoms with E-state index in [1.165, 1.54) is 25.7 Å². The molecule has 1 saturated heterocycles. The highest BCUT2D eigenvalue weighted by Crippen LogP contribution is 2.38. The molecule has 2 amide bonds. The number of nitrogens with zero attached hydrogens (tertiary/aromatic N) is 1. The Balaban J connectivity index is 2.11. The summed E-state index contributed by atoms with van der Waals surface area (Å²) in [5.74, 6) is 0.0568. The molecular formula is C15H26N2O2. The van der Waals surface area contributed by atoms with Crippen molar-refractivity contribution in [3.63, 3.8) is 0 Å². The van der Waals surface area contributed by atoms with Crippen molar-refractivity contribution in [3.05, 3.63) is 0 Å². The molecule has 1 N–H and O–H groups in total. The van der Waals surface area contributed by atoms with Crippen LogP contribution in [0.4, 0.5) is 0 Å². The lowest BCUT2D eigenvalue weighted by Gasteiger charge is -2.41. The molecule has 0 aromatic heterocycles. The van der Waals surface area contributed by atoms with Crippen LogP contribution in [0.2, 0.25) is 0 Å². The molecule has 2 rings (SSSR count). The summed E-state index contributed by atoms with van der Waals surface area (Å²) in [6, 6.07) is -0.390. The van der Waals surface area contributed by atoms with Gasteiger partial charge < -0.3 is 10.2 Å². The maximum absolute atomic E-state index is 12.6. The van der Waals surface area contributed by atoms with Crippen LogP contribution in [0.1, 0.15) is 53.4 Å². The zero-order chi connectivity index (χ0) is 14.3. The monoisotopic (exact) mass is 266 g/mol. The summed E-state index contributed by atoms with van der Waals surface area (Å²) < 4.78 is 0. The van der Waals surface area contributed by atoms with E-state index in [-0.39, 0.29) is 29.2 Å². The molecule has 0 aromatic rings. The van der Waals surface area contributed by atoms with E-state index in [2.05, 4.69) is 12.2 Å². The topological polar surface area (TPSA) is 49.4 Å². The quantitative estimate of drug-likeness (QED) is 0.830. The van der Waals surface area contributed by atoms with Crippen molar-refractivity contribution in [3.8, 4) is 0 Å². The zero-order valence-electron chi connectivity index (χ0n) is 12.6. The van der Waals surface area contributed by atoms with Crippen molar-refractivity contribution in [2.75, 3.05) is 13.1 Å². The first-order valence-corrected chi connectivity index (χ1v) is 7.29. The van der Waals surface area contributed by atoms with Gasteiger partial charge in [-0.05, 0) is 23.7 Å². The van der Waals surface area contributed by atoms with E-state index in [4.69, 9.17) is 0 Å². The van der Waals surface area contributed by atoms with Crippen LogP contribution in [-0.2, 0) is 9.59 Å². The molecule has 19 heavy (non-hydrogen) atoms. The zero-order valence-corrected chi connectivity index (χ0v) is 12.6. The van der Waals surface area contributed by atoms with Gasteiger partial charge >= 0.3 is 0 Å². The van der Waals surface area contributed by atoms with Gasteiger partial charge in [-0.3, -0.25) is 9.59 Å². The first-order chi connectivity index (χ1) is 8.71. The molecule has 1 heterocycles. The maximum Gasteiger partial charge on any atom is 0.246 e. The second-order valence-corrected chi connectivity index (χ2v) is 7.58. The molecule has 4 nitrogen and oxygen atoms in total. The minimum Gasteiger partial charge on any atom is -0.342 e. The fraction of sp³-hybridized carbons (Fsp3) is 0.867. The van der Waals surface area contributed by atoms with Crippen LogP contribution >= 0.6 is 0 Å². The lowest BCUT2D eigenvalue weighted by Crippen LogP contribution is -2.63. The first-order valence-electron chi connectivity index (χ1n) is 7.29. The van der Waals surface area contributed by atoms with Gasteiger partial charge in [0, 0.05) is 6.54 Å². The summed E-state index contributed by atoms with van der Waals surface area (Å²) in [5, 5.41) is 2.84. The Morgan fingerprint density at radius 3 is 2.37 bits per heavy atom. The van der Waals surface area contributed by atoms with Crippen LogP contribution in [0.25, 0.3) is 0 Å². The number of rotatable bonds is 2. The van der Waals surface area contributed by atoms with Crippen molar-refractivity contribution in [1.29, 1.82) is 0 Å². The lowest BCUT2D eigenvalue weighted by molar-refractivity contribution is -0.148. The van der Waals surface area contributed by atoms with Crippen LogP contribution in [0.5, 0.6) is 0 Å². The summed E-state index contributed by atoms with van der Waals surface area (Å²) in [5.41, 5.74) is -0.0301. The van der Waals surface area contributed by atoms with E-state index in [0.717, 1.165) is 6.54 Å². The van der Waals surface area contributed by atoms with Crippen molar-refractivity contribution in [2.45, 2.75) is 59.4 Å². The van der Waals surface area contributed by atoms with E-state index < -0.39 is 6.04 Å². The van der Waals surface area contributed by atoms with Crippen LogP contribution < -0.4 is 5.32 Å². The Kier molecular flexibility index (Phi) is 3.63. The van der Waals surface area contributed by atoms with Crippen molar-refractivity contribution >= 4 is 11.8 Å². The fourth-order valence-corrected chi connectivity index (χ4v) is 3.27. The van der Waals surface area contributed by atoms with E-state index in [1.807, 2.05) is 20.8 Å². The van der Waals surface area contributed by atoms with Gasteiger partial charge in [-0.15, -0.1) is 0 Å². The largest absolute Gasteiger partial charge is 0.342 e. The minimum atomic E-state index is -0.390. The molecule has 108 valence electrons. The minimum absolute atomic E-state index is 0.0267. The normalized spacial score (nSPS) is 27.6. The van der Waals surface area contributed by atoms with Gasteiger partial charge in [0.15, 0.2) is 0 Å². The van der Waals surface area contributed by atoms with Gasteiger partial charge in [0.2, 0.25) is 11.8 Å². The summed E-state index contributed by atoms with van der Waals surface area (Å²) in [4.78, 5) is 26.2. The van der Waals surface area contributed by atoms with Crippen molar-refractivity contribution < 1.29 is 9.59 Å². The third kappa shape index (κ3) is 3.10. The highest BCUT2D eigenvalue weighted by molar-refractivity contribution is 5.95. The van der Waals surface area contributed by atoms with Crippen molar-refractivity contribution in [2.24, 2.45) is 10.8 Å². The van der Waals surface area contributed by atoms with Gasteiger partial charge in [0.05, 0.1) is 6.54 Å². The molecule has 0 bridgehead atoms. The lowest BCUT2D eigenvalue weighted by atomic mass is 9.83. The molecule has 1 unspecified atom stereocenters. The molecule has 0 radical (unpaired) electrons. The number of hydrogen-bond acceptors (Lipinski definition) is 2. The summed E-state index contributed by atoms with van der Waals surface area (Å²) in [6.45, 7) is 9.18. The van der Waals surface area contributed by atoms with Crippen LogP contribution in [-0.4, -0.2) is 35.8 Å². The van der Waals surface area contributed by atoms with Gasteiger partial charge in [-0.2, -0.15) is 0 Å². The fourth-order valence-electron chi connectivity index (χ4n) is 3.27. The Labute approximate surface area is 115 Å². The highest BCUT2D eigenvalue weighted by Gasteiger charge is 2.42. The number of piperazine rings is 1. The third-order valence-corrected chi connectivity index (χ3v) is 4.45. The van der Waals surface area contributed by atoms with E-state index in [9.17, 15) is 9.59 Å². The Bertz CT molecular complexity index is 378. The average molecular weight is 266 g/mol. The summed E-state index contributed by atoms with van der Waals surface area (Å²) in [6.07, 6.45) is 4.82. The summed E-state index contributed by atoms with van der Waals surface area (Å²) in [7, 11) is 0. The molecule has 0 aromatic carbocycles. The second kappa shape index (κ2) is 4.80. The standard InChI is InChI=1S/C15H26N2O2/c1-14(2,3)12-13(19)17(9-11(18)16-12)10-15(4)7-5-6-8-15/h12H,5-10H2,1-4H3,(H,16,18). The van der Waals surface area contributed by atoms with Crippen LogP contribution in [0.3, 0.4) is 0 Å². The van der Waals surface area contributed by atoms with Gasteiger partial charge in [0.25, 0.3) is 0 Å². The third-order valence-electron chi connectivity index (χ3n) is 4.45. The van der Waals surface area contributed by atoms with Gasteiger partial charge in [-0.25, -0.2) is 0 Å². The first kappa shape index (κ1) is 14.4. The maximum atomic E-state index is 12.6. The Hall–Kier alpha value is -1.06. The number of amides is 2. The molecular weight excluding hydrogens is 240 g/mol. The molecule has 1 aliphatic carbocycles. The molecule has 1 atom stereocenters. The van der Waals surface area contributed by atoms with E-state index in [1.54, 1.807) is 4.90 Å². The van der Waals surface area contributed by atoms with E-state index in [0.29, 0.717) is 0 Å². The van der Waals surface area contributed by atoms with Crippen LogP contribution in [0, 0.1) is 10.8 Å². The van der Waals surface area contributed by atoms with Gasteiger partial charge in [0.1, 0.15) is 6.04 Å². The number of carbonyl (C=O) groups is 2. The van der Waals surface area contributed by atoms with Crippen molar-refractivity contribution in [1.82, 2.24) is 10.2 Å². The molecule has 1 aliphatic heterocycles. The van der Waals surface area contributed by atoms with Gasteiger partial charge in [-0.1, -0.05) is 40.5 Å². The Morgan fingerprint density at radius 1 is 1.26 bits per heavy atom. The van der Waals surface area contributed by atoms with Crippen LogP contribution in [0.15, 0.2) is 0 Å². The SMILES string of the molecule is CC1(CN2CC(=O)NC(C(C)(C)C)C2=O)CCCC1. The number of nitrogens with one attached hydrogen (secondary N) is 1. The van der Waals surface area contributed by atoms with E-state index >= 15 is 0 Å². The second-order valence-electron chi connectivity index (χ2n) is 7.58. The predicted molar refractivity (Wildman–Crippen MR) is 74.5 cm³/mol. The smallest absolute Gasteiger partial charge is 0.246 e. The molecule has 1 saturated carbocycles. The molecule has 2 aliphatic rings. The molecule has 4 heteroatoms.